The first-order valence-corrected chi connectivity index (χ1v) is 9.05. The second-order valence-electron chi connectivity index (χ2n) is 6.19. The summed E-state index contributed by atoms with van der Waals surface area (Å²) in [4.78, 5) is 2.35. The maximum absolute atomic E-state index is 3.71. The molecule has 0 amide bonds. The van der Waals surface area contributed by atoms with E-state index < -0.39 is 0 Å². The largest absolute Gasteiger partial charge is 0.332 e. The van der Waals surface area contributed by atoms with E-state index in [1.54, 1.807) is 0 Å². The summed E-state index contributed by atoms with van der Waals surface area (Å²) in [7, 11) is 0. The predicted octanol–water partition coefficient (Wildman–Crippen LogP) is 6.25. The first-order chi connectivity index (χ1) is 11.8. The third-order valence-corrected chi connectivity index (χ3v) is 4.80. The van der Waals surface area contributed by atoms with Crippen LogP contribution in [0, 0.1) is 6.20 Å². The van der Waals surface area contributed by atoms with Crippen LogP contribution in [0.1, 0.15) is 45.6 Å². The molecule has 24 heavy (non-hydrogen) atoms. The van der Waals surface area contributed by atoms with E-state index in [0.717, 1.165) is 19.3 Å². The van der Waals surface area contributed by atoms with E-state index >= 15 is 0 Å². The van der Waals surface area contributed by atoms with E-state index in [1.807, 2.05) is 0 Å². The Bertz CT molecular complexity index is 725. The number of benzene rings is 2. The molecule has 1 heterocycles. The second-order valence-corrected chi connectivity index (χ2v) is 6.19. The fourth-order valence-corrected chi connectivity index (χ4v) is 3.68. The molecule has 1 unspecified atom stereocenters. The van der Waals surface area contributed by atoms with Gasteiger partial charge < -0.3 is 4.90 Å². The Morgan fingerprint density at radius 2 is 1.46 bits per heavy atom. The van der Waals surface area contributed by atoms with Crippen molar-refractivity contribution < 1.29 is 0 Å². The number of para-hydroxylation sites is 1. The van der Waals surface area contributed by atoms with E-state index in [9.17, 15) is 0 Å². The monoisotopic (exact) mass is 316 g/mol. The number of nitrogens with zero attached hydrogens (tertiary/aromatic N) is 1. The number of anilines is 1. The van der Waals surface area contributed by atoms with Crippen LogP contribution >= 0.6 is 0 Å². The molecule has 3 rings (SSSR count). The molecule has 2 aromatic carbocycles. The summed E-state index contributed by atoms with van der Waals surface area (Å²) >= 11 is 0. The SMILES string of the molecule is CCC1=[C]N(c2ccccc2)C(CC)C(c2ccccc2)=C1CC. The highest BCUT2D eigenvalue weighted by molar-refractivity contribution is 5.81. The van der Waals surface area contributed by atoms with Crippen LogP contribution < -0.4 is 4.90 Å². The molecule has 1 aliphatic heterocycles. The molecule has 0 spiro atoms. The molecule has 0 saturated heterocycles. The van der Waals surface area contributed by atoms with Crippen molar-refractivity contribution in [1.29, 1.82) is 0 Å². The topological polar surface area (TPSA) is 3.24 Å². The van der Waals surface area contributed by atoms with Gasteiger partial charge in [-0.15, -0.1) is 0 Å². The molecule has 0 saturated carbocycles. The molecule has 0 aliphatic carbocycles. The molecule has 2 aromatic rings. The lowest BCUT2D eigenvalue weighted by atomic mass is 9.83. The summed E-state index contributed by atoms with van der Waals surface area (Å²) in [6.45, 7) is 6.77. The van der Waals surface area contributed by atoms with Crippen LogP contribution in [0.5, 0.6) is 0 Å². The Hall–Kier alpha value is -2.28. The van der Waals surface area contributed by atoms with Crippen LogP contribution in [0.25, 0.3) is 5.57 Å². The number of allylic oxidation sites excluding steroid dienone is 2. The molecule has 1 nitrogen and oxygen atoms in total. The molecule has 0 aromatic heterocycles. The van der Waals surface area contributed by atoms with Crippen LogP contribution in [0.4, 0.5) is 5.69 Å². The van der Waals surface area contributed by atoms with Gasteiger partial charge in [-0.2, -0.15) is 0 Å². The highest BCUT2D eigenvalue weighted by atomic mass is 15.2. The second kappa shape index (κ2) is 7.53. The van der Waals surface area contributed by atoms with Crippen molar-refractivity contribution in [3.8, 4) is 0 Å². The fraction of sp³-hybridized carbons (Fsp3) is 0.304. The maximum atomic E-state index is 3.71. The van der Waals surface area contributed by atoms with Gasteiger partial charge in [-0.3, -0.25) is 0 Å². The van der Waals surface area contributed by atoms with Gasteiger partial charge in [0.2, 0.25) is 0 Å². The molecule has 1 atom stereocenters. The van der Waals surface area contributed by atoms with Crippen molar-refractivity contribution in [3.05, 3.63) is 83.6 Å². The van der Waals surface area contributed by atoms with Crippen LogP contribution in [0.2, 0.25) is 0 Å². The van der Waals surface area contributed by atoms with Gasteiger partial charge in [-0.25, -0.2) is 0 Å². The van der Waals surface area contributed by atoms with Gasteiger partial charge in [0.05, 0.1) is 12.2 Å². The highest BCUT2D eigenvalue weighted by Gasteiger charge is 2.29. The minimum Gasteiger partial charge on any atom is -0.332 e. The zero-order chi connectivity index (χ0) is 16.9. The zero-order valence-corrected chi connectivity index (χ0v) is 14.9. The number of hydrogen-bond donors (Lipinski definition) is 0. The summed E-state index contributed by atoms with van der Waals surface area (Å²) in [5.74, 6) is 0. The minimum atomic E-state index is 0.333. The van der Waals surface area contributed by atoms with Gasteiger partial charge in [-0.1, -0.05) is 69.3 Å². The molecular formula is C23H26N. The van der Waals surface area contributed by atoms with Gasteiger partial charge in [0.1, 0.15) is 0 Å². The Balaban J connectivity index is 2.17. The Morgan fingerprint density at radius 1 is 0.833 bits per heavy atom. The molecule has 0 fully saturated rings. The van der Waals surface area contributed by atoms with Crippen molar-refractivity contribution in [1.82, 2.24) is 0 Å². The molecule has 1 heteroatoms. The lowest BCUT2D eigenvalue weighted by Crippen LogP contribution is -2.36. The van der Waals surface area contributed by atoms with Gasteiger partial charge in [-0.05, 0) is 53.7 Å². The van der Waals surface area contributed by atoms with Gasteiger partial charge >= 0.3 is 0 Å². The fourth-order valence-electron chi connectivity index (χ4n) is 3.68. The summed E-state index contributed by atoms with van der Waals surface area (Å²) in [6.07, 6.45) is 6.84. The lowest BCUT2D eigenvalue weighted by Gasteiger charge is -2.38. The minimum absolute atomic E-state index is 0.333. The number of rotatable bonds is 5. The average Bonchev–Trinajstić information content (AvgIpc) is 2.67. The summed E-state index contributed by atoms with van der Waals surface area (Å²) < 4.78 is 0. The standard InChI is InChI=1S/C23H26N/c1-4-18-17-24(20-15-11-8-12-16-20)22(6-3)23(21(18)5-2)19-13-9-7-10-14-19/h7-16,22H,4-6H2,1-3H3. The molecule has 123 valence electrons. The summed E-state index contributed by atoms with van der Waals surface area (Å²) in [5, 5.41) is 0. The van der Waals surface area contributed by atoms with Crippen LogP contribution in [0.15, 0.2) is 71.8 Å². The van der Waals surface area contributed by atoms with Gasteiger partial charge in [0.25, 0.3) is 0 Å². The van der Waals surface area contributed by atoms with E-state index in [1.165, 1.54) is 28.0 Å². The molecule has 0 N–H and O–H groups in total. The van der Waals surface area contributed by atoms with E-state index in [0.29, 0.717) is 6.04 Å². The number of hydrogen-bond acceptors (Lipinski definition) is 1. The van der Waals surface area contributed by atoms with E-state index in [4.69, 9.17) is 0 Å². The van der Waals surface area contributed by atoms with Crippen molar-refractivity contribution in [3.63, 3.8) is 0 Å². The van der Waals surface area contributed by atoms with Crippen molar-refractivity contribution in [2.75, 3.05) is 4.90 Å². The van der Waals surface area contributed by atoms with Crippen LogP contribution in [-0.2, 0) is 0 Å². The van der Waals surface area contributed by atoms with Crippen LogP contribution in [0.3, 0.4) is 0 Å². The quantitative estimate of drug-likeness (QED) is 0.630. The average molecular weight is 316 g/mol. The third kappa shape index (κ3) is 3.03. The van der Waals surface area contributed by atoms with Gasteiger partial charge in [0, 0.05) is 5.69 Å². The van der Waals surface area contributed by atoms with Crippen LogP contribution in [-0.4, -0.2) is 6.04 Å². The van der Waals surface area contributed by atoms with Crippen molar-refractivity contribution >= 4 is 11.3 Å². The molecule has 0 bridgehead atoms. The van der Waals surface area contributed by atoms with Crippen molar-refractivity contribution in [2.24, 2.45) is 0 Å². The first kappa shape index (κ1) is 16.6. The van der Waals surface area contributed by atoms with Gasteiger partial charge in [0.15, 0.2) is 0 Å². The Labute approximate surface area is 146 Å². The molecule has 1 aliphatic rings. The Kier molecular flexibility index (Phi) is 5.20. The van der Waals surface area contributed by atoms with E-state index in [-0.39, 0.29) is 0 Å². The first-order valence-electron chi connectivity index (χ1n) is 9.05. The zero-order valence-electron chi connectivity index (χ0n) is 14.9. The van der Waals surface area contributed by atoms with E-state index in [2.05, 4.69) is 92.5 Å². The predicted molar refractivity (Wildman–Crippen MR) is 104 cm³/mol. The molecule has 1 radical (unpaired) electrons. The molecular weight excluding hydrogens is 290 g/mol. The maximum Gasteiger partial charge on any atom is 0.0696 e. The summed E-state index contributed by atoms with van der Waals surface area (Å²) in [5.41, 5.74) is 6.85. The highest BCUT2D eigenvalue weighted by Crippen LogP contribution is 2.39. The lowest BCUT2D eigenvalue weighted by molar-refractivity contribution is 0.723. The Morgan fingerprint density at radius 3 is 2.00 bits per heavy atom. The van der Waals surface area contributed by atoms with Crippen molar-refractivity contribution in [2.45, 2.75) is 46.1 Å². The summed E-state index contributed by atoms with van der Waals surface area (Å²) in [6, 6.07) is 21.9. The smallest absolute Gasteiger partial charge is 0.0696 e. The normalized spacial score (nSPS) is 17.9. The third-order valence-electron chi connectivity index (χ3n) is 4.80.